The van der Waals surface area contributed by atoms with Crippen molar-refractivity contribution in [2.24, 2.45) is 0 Å². The first-order valence-electron chi connectivity index (χ1n) is 4.65. The van der Waals surface area contributed by atoms with Crippen LogP contribution in [0.25, 0.3) is 11.5 Å². The molecule has 2 rings (SSSR count). The lowest BCUT2D eigenvalue weighted by Crippen LogP contribution is -1.98. The Morgan fingerprint density at radius 3 is 2.76 bits per heavy atom. The third-order valence-corrected chi connectivity index (χ3v) is 3.38. The highest BCUT2D eigenvalue weighted by molar-refractivity contribution is 9.10. The third kappa shape index (κ3) is 2.35. The van der Waals surface area contributed by atoms with Gasteiger partial charge in [-0.2, -0.15) is 0 Å². The van der Waals surface area contributed by atoms with Gasteiger partial charge >= 0.3 is 5.97 Å². The molecule has 1 N–H and O–H groups in total. The molecule has 1 aromatic carbocycles. The van der Waals surface area contributed by atoms with E-state index in [1.165, 1.54) is 0 Å². The number of halogens is 2. The molecule has 0 aliphatic carbocycles. The maximum Gasteiger partial charge on any atom is 0.358 e. The summed E-state index contributed by atoms with van der Waals surface area (Å²) in [7, 11) is 0. The number of rotatable bonds is 2. The number of nitrogens with zero attached hydrogens (tertiary/aromatic N) is 1. The number of aryl methyl sites for hydroxylation is 1. The van der Waals surface area contributed by atoms with Crippen molar-refractivity contribution < 1.29 is 14.3 Å². The molecule has 0 aliphatic rings. The van der Waals surface area contributed by atoms with Gasteiger partial charge in [0.2, 0.25) is 5.89 Å². The Kier molecular flexibility index (Phi) is 3.22. The highest BCUT2D eigenvalue weighted by Crippen LogP contribution is 2.29. The minimum atomic E-state index is -1.11. The fraction of sp³-hybridized carbons (Fsp3) is 0.0909. The van der Waals surface area contributed by atoms with Crippen molar-refractivity contribution in [1.82, 2.24) is 4.98 Å². The topological polar surface area (TPSA) is 63.3 Å². The normalized spacial score (nSPS) is 10.5. The number of carbonyl (C=O) groups is 1. The van der Waals surface area contributed by atoms with Crippen LogP contribution in [-0.2, 0) is 0 Å². The van der Waals surface area contributed by atoms with Crippen LogP contribution in [0.4, 0.5) is 0 Å². The fourth-order valence-corrected chi connectivity index (χ4v) is 1.84. The molecular weight excluding hydrogens is 309 g/mol. The van der Waals surface area contributed by atoms with Crippen LogP contribution in [0, 0.1) is 6.92 Å². The van der Waals surface area contributed by atoms with Gasteiger partial charge in [0, 0.05) is 10.0 Å². The largest absolute Gasteiger partial charge is 0.476 e. The summed E-state index contributed by atoms with van der Waals surface area (Å²) in [4.78, 5) is 14.8. The number of hydrogen-bond donors (Lipinski definition) is 1. The van der Waals surface area contributed by atoms with E-state index in [-0.39, 0.29) is 17.3 Å². The Bertz CT molecular complexity index is 594. The summed E-state index contributed by atoms with van der Waals surface area (Å²) in [5, 5.41) is 9.44. The maximum absolute atomic E-state index is 10.8. The molecule has 2 aromatic rings. The number of carboxylic acid groups (broad SMARTS) is 1. The van der Waals surface area contributed by atoms with Crippen molar-refractivity contribution >= 4 is 33.5 Å². The van der Waals surface area contributed by atoms with E-state index < -0.39 is 5.97 Å². The number of carboxylic acids is 1. The van der Waals surface area contributed by atoms with Crippen molar-refractivity contribution in [3.05, 3.63) is 39.1 Å². The number of aromatic carboxylic acids is 1. The molecule has 17 heavy (non-hydrogen) atoms. The summed E-state index contributed by atoms with van der Waals surface area (Å²) >= 11 is 9.14. The van der Waals surface area contributed by atoms with Gasteiger partial charge in [0.15, 0.2) is 5.69 Å². The minimum absolute atomic E-state index is 0.0777. The van der Waals surface area contributed by atoms with Crippen LogP contribution in [0.3, 0.4) is 0 Å². The molecule has 1 heterocycles. The first-order valence-corrected chi connectivity index (χ1v) is 5.82. The second kappa shape index (κ2) is 4.50. The minimum Gasteiger partial charge on any atom is -0.476 e. The van der Waals surface area contributed by atoms with Gasteiger partial charge in [-0.15, -0.1) is 0 Å². The molecule has 1 aromatic heterocycles. The molecule has 0 bridgehead atoms. The van der Waals surface area contributed by atoms with E-state index in [9.17, 15) is 4.79 Å². The predicted molar refractivity (Wildman–Crippen MR) is 66.3 cm³/mol. The van der Waals surface area contributed by atoms with E-state index in [1.807, 2.05) is 0 Å². The molecule has 0 fully saturated rings. The molecule has 0 spiro atoms. The lowest BCUT2D eigenvalue weighted by molar-refractivity contribution is 0.0689. The first kappa shape index (κ1) is 12.1. The Morgan fingerprint density at radius 1 is 1.53 bits per heavy atom. The summed E-state index contributed by atoms with van der Waals surface area (Å²) in [5.41, 5.74) is 0.586. The lowest BCUT2D eigenvalue weighted by Gasteiger charge is -1.98. The Hall–Kier alpha value is -1.33. The van der Waals surface area contributed by atoms with Gasteiger partial charge in [-0.25, -0.2) is 9.78 Å². The third-order valence-electron chi connectivity index (χ3n) is 2.17. The predicted octanol–water partition coefficient (Wildman–Crippen LogP) is 3.76. The SMILES string of the molecule is Cc1oc(-c2ccc(Cl)c(Br)c2)nc1C(=O)O. The molecule has 6 heteroatoms. The standard InChI is InChI=1S/C11H7BrClNO3/c1-5-9(11(15)16)14-10(17-5)6-2-3-8(13)7(12)4-6/h2-4H,1H3,(H,15,16). The molecule has 0 unspecified atom stereocenters. The Morgan fingerprint density at radius 2 is 2.24 bits per heavy atom. The Labute approximate surface area is 110 Å². The van der Waals surface area contributed by atoms with Crippen LogP contribution in [0.1, 0.15) is 16.2 Å². The maximum atomic E-state index is 10.8. The van der Waals surface area contributed by atoms with Crippen LogP contribution in [0.2, 0.25) is 5.02 Å². The van der Waals surface area contributed by atoms with Crippen molar-refractivity contribution in [3.63, 3.8) is 0 Å². The number of hydrogen-bond acceptors (Lipinski definition) is 3. The average molecular weight is 317 g/mol. The summed E-state index contributed by atoms with van der Waals surface area (Å²) in [5.74, 6) is -0.568. The average Bonchev–Trinajstić information content (AvgIpc) is 2.64. The van der Waals surface area contributed by atoms with E-state index in [0.717, 1.165) is 0 Å². The van der Waals surface area contributed by atoms with E-state index >= 15 is 0 Å². The zero-order chi connectivity index (χ0) is 12.6. The summed E-state index contributed by atoms with van der Waals surface area (Å²) in [6, 6.07) is 5.12. The molecule has 88 valence electrons. The highest BCUT2D eigenvalue weighted by Gasteiger charge is 2.17. The van der Waals surface area contributed by atoms with Crippen LogP contribution in [0.5, 0.6) is 0 Å². The zero-order valence-corrected chi connectivity index (χ0v) is 11.0. The second-order valence-corrected chi connectivity index (χ2v) is 4.62. The van der Waals surface area contributed by atoms with E-state index in [0.29, 0.717) is 15.1 Å². The molecular formula is C11H7BrClNO3. The quantitative estimate of drug-likeness (QED) is 0.916. The zero-order valence-electron chi connectivity index (χ0n) is 8.70. The van der Waals surface area contributed by atoms with Crippen LogP contribution in [-0.4, -0.2) is 16.1 Å². The molecule has 0 saturated carbocycles. The fourth-order valence-electron chi connectivity index (χ4n) is 1.35. The van der Waals surface area contributed by atoms with Gasteiger partial charge in [-0.1, -0.05) is 11.6 Å². The monoisotopic (exact) mass is 315 g/mol. The molecule has 0 radical (unpaired) electrons. The van der Waals surface area contributed by atoms with E-state index in [1.54, 1.807) is 25.1 Å². The van der Waals surface area contributed by atoms with Crippen molar-refractivity contribution in [2.75, 3.05) is 0 Å². The van der Waals surface area contributed by atoms with Gasteiger partial charge in [-0.05, 0) is 41.1 Å². The van der Waals surface area contributed by atoms with Crippen LogP contribution >= 0.6 is 27.5 Å². The van der Waals surface area contributed by atoms with Gasteiger partial charge < -0.3 is 9.52 Å². The molecule has 0 atom stereocenters. The summed E-state index contributed by atoms with van der Waals surface area (Å²) in [6.45, 7) is 1.56. The number of aromatic nitrogens is 1. The molecule has 0 aliphatic heterocycles. The number of benzene rings is 1. The second-order valence-electron chi connectivity index (χ2n) is 3.36. The van der Waals surface area contributed by atoms with Gasteiger partial charge in [0.05, 0.1) is 5.02 Å². The van der Waals surface area contributed by atoms with Crippen molar-refractivity contribution in [3.8, 4) is 11.5 Å². The van der Waals surface area contributed by atoms with Gasteiger partial charge in [-0.3, -0.25) is 0 Å². The smallest absolute Gasteiger partial charge is 0.358 e. The van der Waals surface area contributed by atoms with Gasteiger partial charge in [0.1, 0.15) is 5.76 Å². The molecule has 4 nitrogen and oxygen atoms in total. The molecule has 0 saturated heterocycles. The van der Waals surface area contributed by atoms with Crippen LogP contribution in [0.15, 0.2) is 27.1 Å². The van der Waals surface area contributed by atoms with E-state index in [4.69, 9.17) is 21.1 Å². The van der Waals surface area contributed by atoms with Gasteiger partial charge in [0.25, 0.3) is 0 Å². The highest BCUT2D eigenvalue weighted by atomic mass is 79.9. The molecule has 0 amide bonds. The number of oxazole rings is 1. The lowest BCUT2D eigenvalue weighted by atomic mass is 10.2. The Balaban J connectivity index is 2.50. The summed E-state index contributed by atoms with van der Waals surface area (Å²) < 4.78 is 6.00. The summed E-state index contributed by atoms with van der Waals surface area (Å²) in [6.07, 6.45) is 0. The van der Waals surface area contributed by atoms with E-state index in [2.05, 4.69) is 20.9 Å². The van der Waals surface area contributed by atoms with Crippen LogP contribution < -0.4 is 0 Å². The first-order chi connectivity index (χ1) is 7.99. The van der Waals surface area contributed by atoms with Crippen molar-refractivity contribution in [1.29, 1.82) is 0 Å². The van der Waals surface area contributed by atoms with Crippen molar-refractivity contribution in [2.45, 2.75) is 6.92 Å².